The zero-order valence-electron chi connectivity index (χ0n) is 6.71. The Bertz CT molecular complexity index is 117. The highest BCUT2D eigenvalue weighted by atomic mass is 16.5. The molecule has 0 radical (unpaired) electrons. The number of hydrogen-bond acceptors (Lipinski definition) is 3. The van der Waals surface area contributed by atoms with Crippen LogP contribution in [0.25, 0.3) is 0 Å². The summed E-state index contributed by atoms with van der Waals surface area (Å²) in [5.41, 5.74) is 0. The smallest absolute Gasteiger partial charge is 0.0751 e. The van der Waals surface area contributed by atoms with Crippen molar-refractivity contribution >= 4 is 0 Å². The first-order chi connectivity index (χ1) is 5.47. The SMILES string of the molecule is C1CO[C@@H]([C@H]2CCOC2)CN1. The molecule has 3 heteroatoms. The van der Waals surface area contributed by atoms with Gasteiger partial charge in [-0.1, -0.05) is 0 Å². The van der Waals surface area contributed by atoms with Crippen molar-refractivity contribution in [2.24, 2.45) is 5.92 Å². The van der Waals surface area contributed by atoms with Crippen LogP contribution in [0.5, 0.6) is 0 Å². The lowest BCUT2D eigenvalue weighted by atomic mass is 10.0. The van der Waals surface area contributed by atoms with Crippen LogP contribution in [0.2, 0.25) is 0 Å². The summed E-state index contributed by atoms with van der Waals surface area (Å²) in [4.78, 5) is 0. The van der Waals surface area contributed by atoms with Gasteiger partial charge in [-0.25, -0.2) is 0 Å². The summed E-state index contributed by atoms with van der Waals surface area (Å²) in [6, 6.07) is 0. The van der Waals surface area contributed by atoms with E-state index in [0.717, 1.165) is 32.9 Å². The Kier molecular flexibility index (Phi) is 2.41. The predicted molar refractivity (Wildman–Crippen MR) is 41.5 cm³/mol. The van der Waals surface area contributed by atoms with Gasteiger partial charge in [-0.05, 0) is 6.42 Å². The minimum atomic E-state index is 0.409. The zero-order valence-corrected chi connectivity index (χ0v) is 6.71. The standard InChI is InChI=1S/C8H15NO2/c1-3-10-6-7(1)8-5-9-2-4-11-8/h7-9H,1-6H2/t7-,8+/m0/s1. The van der Waals surface area contributed by atoms with E-state index in [-0.39, 0.29) is 0 Å². The zero-order chi connectivity index (χ0) is 7.52. The summed E-state index contributed by atoms with van der Waals surface area (Å²) in [6.07, 6.45) is 1.58. The van der Waals surface area contributed by atoms with Gasteiger partial charge in [-0.2, -0.15) is 0 Å². The lowest BCUT2D eigenvalue weighted by molar-refractivity contribution is -0.0113. The molecule has 0 spiro atoms. The third-order valence-corrected chi connectivity index (χ3v) is 2.45. The largest absolute Gasteiger partial charge is 0.381 e. The molecule has 2 saturated heterocycles. The summed E-state index contributed by atoms with van der Waals surface area (Å²) in [5, 5.41) is 3.33. The predicted octanol–water partition coefficient (Wildman–Crippen LogP) is 0.0113. The van der Waals surface area contributed by atoms with E-state index in [4.69, 9.17) is 9.47 Å². The number of ether oxygens (including phenoxy) is 2. The summed E-state index contributed by atoms with van der Waals surface area (Å²) in [7, 11) is 0. The molecule has 2 heterocycles. The lowest BCUT2D eigenvalue weighted by Crippen LogP contribution is -2.42. The fourth-order valence-corrected chi connectivity index (χ4v) is 1.73. The number of rotatable bonds is 1. The van der Waals surface area contributed by atoms with Gasteiger partial charge in [0.05, 0.1) is 19.3 Å². The molecule has 64 valence electrons. The van der Waals surface area contributed by atoms with Crippen LogP contribution in [0.1, 0.15) is 6.42 Å². The molecule has 1 N–H and O–H groups in total. The maximum absolute atomic E-state index is 5.62. The molecule has 3 nitrogen and oxygen atoms in total. The Balaban J connectivity index is 1.82. The second-order valence-corrected chi connectivity index (χ2v) is 3.24. The molecule has 2 rings (SSSR count). The Morgan fingerprint density at radius 2 is 2.27 bits per heavy atom. The van der Waals surface area contributed by atoms with Gasteiger partial charge >= 0.3 is 0 Å². The molecule has 2 aliphatic rings. The van der Waals surface area contributed by atoms with Crippen molar-refractivity contribution in [3.63, 3.8) is 0 Å². The van der Waals surface area contributed by atoms with Gasteiger partial charge in [0.15, 0.2) is 0 Å². The Hall–Kier alpha value is -0.120. The Labute approximate surface area is 67.1 Å². The van der Waals surface area contributed by atoms with Crippen LogP contribution in [0, 0.1) is 5.92 Å². The summed E-state index contributed by atoms with van der Waals surface area (Å²) >= 11 is 0. The van der Waals surface area contributed by atoms with Crippen LogP contribution in [-0.2, 0) is 9.47 Å². The van der Waals surface area contributed by atoms with E-state index in [0.29, 0.717) is 12.0 Å². The minimum Gasteiger partial charge on any atom is -0.381 e. The lowest BCUT2D eigenvalue weighted by Gasteiger charge is -2.27. The van der Waals surface area contributed by atoms with E-state index < -0.39 is 0 Å². The van der Waals surface area contributed by atoms with Crippen LogP contribution in [0.4, 0.5) is 0 Å². The number of hydrogen-bond donors (Lipinski definition) is 1. The fourth-order valence-electron chi connectivity index (χ4n) is 1.73. The molecule has 0 aromatic heterocycles. The topological polar surface area (TPSA) is 30.5 Å². The minimum absolute atomic E-state index is 0.409. The molecule has 0 amide bonds. The van der Waals surface area contributed by atoms with Gasteiger partial charge in [0, 0.05) is 25.6 Å². The number of morpholine rings is 1. The van der Waals surface area contributed by atoms with Crippen LogP contribution in [0.15, 0.2) is 0 Å². The van der Waals surface area contributed by atoms with Crippen LogP contribution in [-0.4, -0.2) is 39.0 Å². The Morgan fingerprint density at radius 1 is 1.27 bits per heavy atom. The van der Waals surface area contributed by atoms with E-state index in [9.17, 15) is 0 Å². The van der Waals surface area contributed by atoms with Crippen molar-refractivity contribution in [2.45, 2.75) is 12.5 Å². The monoisotopic (exact) mass is 157 g/mol. The highest BCUT2D eigenvalue weighted by Crippen LogP contribution is 2.19. The average molecular weight is 157 g/mol. The van der Waals surface area contributed by atoms with Gasteiger partial charge < -0.3 is 14.8 Å². The molecule has 2 fully saturated rings. The normalized spacial score (nSPS) is 39.3. The fraction of sp³-hybridized carbons (Fsp3) is 1.00. The summed E-state index contributed by atoms with van der Waals surface area (Å²) in [6.45, 7) is 4.69. The highest BCUT2D eigenvalue weighted by molar-refractivity contribution is 4.78. The first-order valence-corrected chi connectivity index (χ1v) is 4.37. The molecule has 0 aromatic rings. The highest BCUT2D eigenvalue weighted by Gasteiger charge is 2.27. The molecule has 0 unspecified atom stereocenters. The van der Waals surface area contributed by atoms with E-state index in [1.54, 1.807) is 0 Å². The van der Waals surface area contributed by atoms with E-state index in [2.05, 4.69) is 5.32 Å². The number of nitrogens with one attached hydrogen (secondary N) is 1. The molecule has 2 atom stereocenters. The van der Waals surface area contributed by atoms with Crippen molar-refractivity contribution in [3.8, 4) is 0 Å². The molecular weight excluding hydrogens is 142 g/mol. The third kappa shape index (κ3) is 1.72. The average Bonchev–Trinajstić information content (AvgIpc) is 2.58. The van der Waals surface area contributed by atoms with Gasteiger partial charge in [-0.3, -0.25) is 0 Å². The van der Waals surface area contributed by atoms with E-state index in [1.165, 1.54) is 6.42 Å². The van der Waals surface area contributed by atoms with Gasteiger partial charge in [-0.15, -0.1) is 0 Å². The van der Waals surface area contributed by atoms with Gasteiger partial charge in [0.1, 0.15) is 0 Å². The van der Waals surface area contributed by atoms with Gasteiger partial charge in [0.2, 0.25) is 0 Å². The van der Waals surface area contributed by atoms with Crippen molar-refractivity contribution < 1.29 is 9.47 Å². The second kappa shape index (κ2) is 3.52. The molecule has 0 saturated carbocycles. The quantitative estimate of drug-likeness (QED) is 0.581. The van der Waals surface area contributed by atoms with Crippen molar-refractivity contribution in [1.29, 1.82) is 0 Å². The first-order valence-electron chi connectivity index (χ1n) is 4.37. The van der Waals surface area contributed by atoms with E-state index >= 15 is 0 Å². The molecule has 11 heavy (non-hydrogen) atoms. The third-order valence-electron chi connectivity index (χ3n) is 2.45. The summed E-state index contributed by atoms with van der Waals surface area (Å²) < 4.78 is 10.9. The first kappa shape index (κ1) is 7.53. The molecule has 2 aliphatic heterocycles. The van der Waals surface area contributed by atoms with Crippen molar-refractivity contribution in [2.75, 3.05) is 32.9 Å². The summed E-state index contributed by atoms with van der Waals surface area (Å²) in [5.74, 6) is 0.641. The molecule has 0 bridgehead atoms. The van der Waals surface area contributed by atoms with Gasteiger partial charge in [0.25, 0.3) is 0 Å². The van der Waals surface area contributed by atoms with E-state index in [1.807, 2.05) is 0 Å². The molecule has 0 aromatic carbocycles. The molecule has 0 aliphatic carbocycles. The van der Waals surface area contributed by atoms with Crippen LogP contribution < -0.4 is 5.32 Å². The van der Waals surface area contributed by atoms with Crippen molar-refractivity contribution in [3.05, 3.63) is 0 Å². The maximum Gasteiger partial charge on any atom is 0.0751 e. The maximum atomic E-state index is 5.62. The van der Waals surface area contributed by atoms with Crippen molar-refractivity contribution in [1.82, 2.24) is 5.32 Å². The second-order valence-electron chi connectivity index (χ2n) is 3.24. The Morgan fingerprint density at radius 3 is 2.91 bits per heavy atom. The molecular formula is C8H15NO2. The van der Waals surface area contributed by atoms with Crippen LogP contribution in [0.3, 0.4) is 0 Å². The van der Waals surface area contributed by atoms with Crippen LogP contribution >= 0.6 is 0 Å².